The topological polar surface area (TPSA) is 47.3 Å². The van der Waals surface area contributed by atoms with E-state index in [-0.39, 0.29) is 4.99 Å². The van der Waals surface area contributed by atoms with Crippen molar-refractivity contribution in [3.8, 4) is 5.75 Å². The van der Waals surface area contributed by atoms with E-state index in [9.17, 15) is 0 Å². The van der Waals surface area contributed by atoms with Crippen LogP contribution in [0.3, 0.4) is 0 Å². The summed E-state index contributed by atoms with van der Waals surface area (Å²) in [4.78, 5) is 0.276. The van der Waals surface area contributed by atoms with Crippen LogP contribution in [0.1, 0.15) is 5.56 Å². The maximum atomic E-state index is 6.16. The number of thiocarbonyl (C=S) groups is 1. The smallest absolute Gasteiger partial charge is 0.135 e. The molecule has 0 fully saturated rings. The molecule has 0 amide bonds. The largest absolute Gasteiger partial charge is 0.495 e. The number of hydrogen-bond acceptors (Lipinski definition) is 3. The summed E-state index contributed by atoms with van der Waals surface area (Å²) in [5.74, 6) is 0.728. The van der Waals surface area contributed by atoms with Crippen molar-refractivity contribution in [2.45, 2.75) is 0 Å². The lowest BCUT2D eigenvalue weighted by atomic mass is 10.2. The van der Waals surface area contributed by atoms with Crippen molar-refractivity contribution in [1.82, 2.24) is 0 Å². The first-order valence-electron chi connectivity index (χ1n) is 5.81. The second-order valence-electron chi connectivity index (χ2n) is 4.15. The molecule has 0 atom stereocenters. The van der Waals surface area contributed by atoms with Gasteiger partial charge in [0.2, 0.25) is 0 Å². The highest BCUT2D eigenvalue weighted by Crippen LogP contribution is 2.36. The third-order valence-electron chi connectivity index (χ3n) is 2.76. The third-order valence-corrected chi connectivity index (χ3v) is 4.56. The van der Waals surface area contributed by atoms with E-state index in [1.54, 1.807) is 19.2 Å². The summed E-state index contributed by atoms with van der Waals surface area (Å²) >= 11 is 18.0. The Labute approximate surface area is 150 Å². The van der Waals surface area contributed by atoms with Crippen LogP contribution in [0.2, 0.25) is 5.02 Å². The minimum Gasteiger partial charge on any atom is -0.495 e. The predicted octanol–water partition coefficient (Wildman–Crippen LogP) is 5.25. The van der Waals surface area contributed by atoms with Gasteiger partial charge in [0.25, 0.3) is 0 Å². The summed E-state index contributed by atoms with van der Waals surface area (Å²) < 4.78 is 7.04. The number of nitrogens with one attached hydrogen (secondary N) is 1. The van der Waals surface area contributed by atoms with E-state index < -0.39 is 0 Å². The summed E-state index contributed by atoms with van der Waals surface area (Å²) in [6.07, 6.45) is 0. The molecule has 0 unspecified atom stereocenters. The van der Waals surface area contributed by atoms with Gasteiger partial charge in [0.1, 0.15) is 10.7 Å². The summed E-state index contributed by atoms with van der Waals surface area (Å²) in [6, 6.07) is 9.21. The van der Waals surface area contributed by atoms with Crippen molar-refractivity contribution in [3.05, 3.63) is 49.9 Å². The molecule has 0 saturated carbocycles. The van der Waals surface area contributed by atoms with Crippen molar-refractivity contribution >= 4 is 72.0 Å². The molecule has 2 aromatic carbocycles. The average Bonchev–Trinajstić information content (AvgIpc) is 2.41. The highest BCUT2D eigenvalue weighted by atomic mass is 79.9. The van der Waals surface area contributed by atoms with Gasteiger partial charge in [-0.15, -0.1) is 0 Å². The fraction of sp³-hybridized carbons (Fsp3) is 0.0714. The third kappa shape index (κ3) is 3.88. The van der Waals surface area contributed by atoms with Gasteiger partial charge in [-0.05, 0) is 56.1 Å². The second kappa shape index (κ2) is 6.96. The Morgan fingerprint density at radius 2 is 1.95 bits per heavy atom. The number of halogens is 3. The van der Waals surface area contributed by atoms with Crippen LogP contribution >= 0.6 is 55.7 Å². The number of anilines is 2. The molecule has 0 bridgehead atoms. The molecule has 0 spiro atoms. The maximum absolute atomic E-state index is 6.16. The van der Waals surface area contributed by atoms with Gasteiger partial charge in [-0.2, -0.15) is 0 Å². The number of ether oxygens (including phenoxy) is 1. The van der Waals surface area contributed by atoms with Gasteiger partial charge in [0.05, 0.1) is 22.3 Å². The van der Waals surface area contributed by atoms with Crippen LogP contribution in [0.5, 0.6) is 5.75 Å². The molecule has 0 heterocycles. The van der Waals surface area contributed by atoms with Gasteiger partial charge in [0, 0.05) is 21.8 Å². The standard InChI is InChI=1S/C14H11Br2ClN2OS/c1-20-13-6-12(9(15)5-10(13)16)19-7-2-3-8(14(18)21)11(17)4-7/h2-6,19H,1H3,(H2,18,21). The SMILES string of the molecule is COc1cc(Nc2ccc(C(N)=S)c(Cl)c2)c(Br)cc1Br. The van der Waals surface area contributed by atoms with Crippen molar-refractivity contribution in [2.24, 2.45) is 5.73 Å². The Morgan fingerprint density at radius 1 is 1.24 bits per heavy atom. The highest BCUT2D eigenvalue weighted by Gasteiger charge is 2.09. The lowest BCUT2D eigenvalue weighted by Crippen LogP contribution is -2.09. The number of rotatable bonds is 4. The van der Waals surface area contributed by atoms with E-state index in [0.29, 0.717) is 10.6 Å². The molecular formula is C14H11Br2ClN2OS. The van der Waals surface area contributed by atoms with E-state index in [1.165, 1.54) is 0 Å². The maximum Gasteiger partial charge on any atom is 0.135 e. The number of hydrogen-bond donors (Lipinski definition) is 2. The molecule has 3 N–H and O–H groups in total. The van der Waals surface area contributed by atoms with Gasteiger partial charge in [-0.25, -0.2) is 0 Å². The number of methoxy groups -OCH3 is 1. The minimum atomic E-state index is 0.276. The molecule has 0 aliphatic carbocycles. The Kier molecular flexibility index (Phi) is 5.48. The zero-order chi connectivity index (χ0) is 15.6. The quantitative estimate of drug-likeness (QED) is 0.625. The molecule has 7 heteroatoms. The Balaban J connectivity index is 2.34. The van der Waals surface area contributed by atoms with Crippen LogP contribution in [0.25, 0.3) is 0 Å². The molecule has 110 valence electrons. The van der Waals surface area contributed by atoms with E-state index in [0.717, 1.165) is 26.1 Å². The van der Waals surface area contributed by atoms with Crippen LogP contribution < -0.4 is 15.8 Å². The Morgan fingerprint density at radius 3 is 2.52 bits per heavy atom. The summed E-state index contributed by atoms with van der Waals surface area (Å²) in [5, 5.41) is 3.77. The van der Waals surface area contributed by atoms with Gasteiger partial charge < -0.3 is 15.8 Å². The summed E-state index contributed by atoms with van der Waals surface area (Å²) in [7, 11) is 1.62. The normalized spacial score (nSPS) is 10.3. The number of benzene rings is 2. The molecule has 0 aromatic heterocycles. The van der Waals surface area contributed by atoms with Crippen molar-refractivity contribution in [2.75, 3.05) is 12.4 Å². The zero-order valence-corrected chi connectivity index (χ0v) is 15.7. The lowest BCUT2D eigenvalue weighted by molar-refractivity contribution is 0.412. The molecule has 2 aromatic rings. The Hall–Kier alpha value is -0.820. The fourth-order valence-electron chi connectivity index (χ4n) is 1.73. The van der Waals surface area contributed by atoms with Crippen LogP contribution in [-0.4, -0.2) is 12.1 Å². The van der Waals surface area contributed by atoms with Crippen LogP contribution in [0.15, 0.2) is 39.3 Å². The van der Waals surface area contributed by atoms with Crippen LogP contribution in [0, 0.1) is 0 Å². The van der Waals surface area contributed by atoms with Crippen molar-refractivity contribution in [3.63, 3.8) is 0 Å². The van der Waals surface area contributed by atoms with Gasteiger partial charge >= 0.3 is 0 Å². The fourth-order valence-corrected chi connectivity index (χ4v) is 3.50. The zero-order valence-electron chi connectivity index (χ0n) is 10.9. The second-order valence-corrected chi connectivity index (χ2v) is 6.71. The summed E-state index contributed by atoms with van der Waals surface area (Å²) in [6.45, 7) is 0. The molecular weight excluding hydrogens is 439 g/mol. The van der Waals surface area contributed by atoms with Gasteiger partial charge in [-0.1, -0.05) is 23.8 Å². The van der Waals surface area contributed by atoms with Crippen molar-refractivity contribution in [1.29, 1.82) is 0 Å². The first-order chi connectivity index (χ1) is 9.92. The molecule has 0 saturated heterocycles. The van der Waals surface area contributed by atoms with Crippen molar-refractivity contribution < 1.29 is 4.74 Å². The first-order valence-corrected chi connectivity index (χ1v) is 8.19. The number of nitrogens with two attached hydrogens (primary N) is 1. The average molecular weight is 451 g/mol. The Bertz CT molecular complexity index is 710. The van der Waals surface area contributed by atoms with Gasteiger partial charge in [-0.3, -0.25) is 0 Å². The molecule has 3 nitrogen and oxygen atoms in total. The molecule has 0 aliphatic rings. The highest BCUT2D eigenvalue weighted by molar-refractivity contribution is 9.11. The van der Waals surface area contributed by atoms with E-state index in [4.69, 9.17) is 34.3 Å². The van der Waals surface area contributed by atoms with Crippen LogP contribution in [-0.2, 0) is 0 Å². The monoisotopic (exact) mass is 448 g/mol. The molecule has 0 radical (unpaired) electrons. The molecule has 2 rings (SSSR count). The lowest BCUT2D eigenvalue weighted by Gasteiger charge is -2.13. The minimum absolute atomic E-state index is 0.276. The molecule has 0 aliphatic heterocycles. The predicted molar refractivity (Wildman–Crippen MR) is 99.0 cm³/mol. The first kappa shape index (κ1) is 16.5. The van der Waals surface area contributed by atoms with Crippen LogP contribution in [0.4, 0.5) is 11.4 Å². The van der Waals surface area contributed by atoms with E-state index in [2.05, 4.69) is 37.2 Å². The van der Waals surface area contributed by atoms with E-state index >= 15 is 0 Å². The van der Waals surface area contributed by atoms with Gasteiger partial charge in [0.15, 0.2) is 0 Å². The summed E-state index contributed by atoms with van der Waals surface area (Å²) in [5.41, 5.74) is 7.93. The van der Waals surface area contributed by atoms with E-state index in [1.807, 2.05) is 18.2 Å². The molecule has 21 heavy (non-hydrogen) atoms.